The molecule has 2 aromatic rings. The normalized spacial score (nSPS) is 15.3. The van der Waals surface area contributed by atoms with Crippen LogP contribution in [-0.2, 0) is 16.0 Å². The van der Waals surface area contributed by atoms with E-state index in [4.69, 9.17) is 4.74 Å². The first-order chi connectivity index (χ1) is 12.1. The van der Waals surface area contributed by atoms with Crippen molar-refractivity contribution in [1.82, 2.24) is 10.3 Å². The number of carbonyl (C=O) groups is 2. The number of benzene rings is 1. The van der Waals surface area contributed by atoms with Crippen LogP contribution in [0, 0.1) is 0 Å². The molecule has 0 saturated carbocycles. The summed E-state index contributed by atoms with van der Waals surface area (Å²) < 4.78 is 5.34. The molecule has 132 valence electrons. The zero-order chi connectivity index (χ0) is 17.8. The molecule has 0 unspecified atom stereocenters. The van der Waals surface area contributed by atoms with Gasteiger partial charge in [-0.05, 0) is 19.4 Å². The van der Waals surface area contributed by atoms with Crippen molar-refractivity contribution in [2.45, 2.75) is 32.2 Å². The average molecular weight is 359 g/mol. The van der Waals surface area contributed by atoms with Gasteiger partial charge in [0.1, 0.15) is 5.75 Å². The fraction of sp³-hybridized carbons (Fsp3) is 0.389. The topological polar surface area (TPSA) is 71.5 Å². The molecule has 1 aliphatic rings. The number of methoxy groups -OCH3 is 1. The molecule has 1 atom stereocenters. The molecular weight excluding hydrogens is 338 g/mol. The minimum Gasteiger partial charge on any atom is -0.496 e. The van der Waals surface area contributed by atoms with E-state index >= 15 is 0 Å². The molecule has 2 amide bonds. The fourth-order valence-electron chi connectivity index (χ4n) is 2.91. The Bertz CT molecular complexity index is 774. The minimum atomic E-state index is -0.165. The van der Waals surface area contributed by atoms with Crippen molar-refractivity contribution < 1.29 is 14.3 Å². The summed E-state index contributed by atoms with van der Waals surface area (Å²) in [5, 5.41) is 5.50. The summed E-state index contributed by atoms with van der Waals surface area (Å²) in [6, 6.07) is 7.46. The number of rotatable bonds is 6. The third kappa shape index (κ3) is 3.99. The molecule has 25 heavy (non-hydrogen) atoms. The van der Waals surface area contributed by atoms with Crippen molar-refractivity contribution in [2.24, 2.45) is 0 Å². The first kappa shape index (κ1) is 17.4. The van der Waals surface area contributed by atoms with Crippen molar-refractivity contribution in [3.63, 3.8) is 0 Å². The van der Waals surface area contributed by atoms with Crippen LogP contribution in [0.5, 0.6) is 5.75 Å². The lowest BCUT2D eigenvalue weighted by molar-refractivity contribution is -0.121. The van der Waals surface area contributed by atoms with Crippen molar-refractivity contribution in [2.75, 3.05) is 18.6 Å². The Hall–Kier alpha value is -2.41. The van der Waals surface area contributed by atoms with Crippen molar-refractivity contribution in [3.05, 3.63) is 40.9 Å². The maximum absolute atomic E-state index is 12.3. The third-order valence-corrected chi connectivity index (χ3v) is 5.08. The second-order valence-electron chi connectivity index (χ2n) is 5.98. The molecule has 3 rings (SSSR count). The van der Waals surface area contributed by atoms with E-state index in [1.807, 2.05) is 36.6 Å². The number of hydrogen-bond donors (Lipinski definition) is 1. The molecule has 2 heterocycles. The van der Waals surface area contributed by atoms with Crippen LogP contribution in [0.1, 0.15) is 37.1 Å². The predicted octanol–water partition coefficient (Wildman–Crippen LogP) is 2.70. The predicted molar refractivity (Wildman–Crippen MR) is 97.0 cm³/mol. The summed E-state index contributed by atoms with van der Waals surface area (Å²) in [6.45, 7) is 2.63. The van der Waals surface area contributed by atoms with Gasteiger partial charge >= 0.3 is 0 Å². The largest absolute Gasteiger partial charge is 0.496 e. The van der Waals surface area contributed by atoms with Gasteiger partial charge in [-0.1, -0.05) is 18.2 Å². The number of nitrogens with one attached hydrogen (secondary N) is 1. The Balaban J connectivity index is 1.61. The van der Waals surface area contributed by atoms with E-state index in [-0.39, 0.29) is 24.3 Å². The van der Waals surface area contributed by atoms with Gasteiger partial charge in [0.25, 0.3) is 0 Å². The molecule has 0 radical (unpaired) electrons. The molecular formula is C18H21N3O3S. The number of anilines is 1. The Morgan fingerprint density at radius 2 is 2.24 bits per heavy atom. The van der Waals surface area contributed by atoms with Crippen LogP contribution in [0.4, 0.5) is 5.13 Å². The number of nitrogens with zero attached hydrogens (tertiary/aromatic N) is 2. The van der Waals surface area contributed by atoms with Crippen LogP contribution >= 0.6 is 11.3 Å². The summed E-state index contributed by atoms with van der Waals surface area (Å²) in [5.74, 6) is 0.747. The van der Waals surface area contributed by atoms with Crippen molar-refractivity contribution in [1.29, 1.82) is 0 Å². The van der Waals surface area contributed by atoms with Crippen LogP contribution in [-0.4, -0.2) is 30.5 Å². The van der Waals surface area contributed by atoms with Crippen LogP contribution in [0.3, 0.4) is 0 Å². The first-order valence-corrected chi connectivity index (χ1v) is 9.13. The van der Waals surface area contributed by atoms with Crippen LogP contribution in [0.25, 0.3) is 0 Å². The maximum Gasteiger partial charge on any atom is 0.228 e. The molecule has 1 aliphatic heterocycles. The highest BCUT2D eigenvalue weighted by molar-refractivity contribution is 7.14. The van der Waals surface area contributed by atoms with E-state index in [1.54, 1.807) is 12.0 Å². The molecule has 7 heteroatoms. The summed E-state index contributed by atoms with van der Waals surface area (Å²) >= 11 is 1.41. The second-order valence-corrected chi connectivity index (χ2v) is 6.81. The zero-order valence-electron chi connectivity index (χ0n) is 14.3. The number of carbonyl (C=O) groups excluding carboxylic acids is 2. The van der Waals surface area contributed by atoms with E-state index in [0.29, 0.717) is 23.8 Å². The lowest BCUT2D eigenvalue weighted by atomic mass is 10.1. The number of aromatic nitrogens is 1. The standard InChI is InChI=1S/C18H21N3O3S/c1-12(14-6-3-4-7-15(14)24-2)19-16(22)10-13-11-25-18(20-13)21-9-5-8-17(21)23/h3-4,6-7,11-12H,5,8-10H2,1-2H3,(H,19,22)/t12-/m1/s1. The quantitative estimate of drug-likeness (QED) is 0.861. The number of thiazole rings is 1. The molecule has 0 bridgehead atoms. The van der Waals surface area contributed by atoms with E-state index in [2.05, 4.69) is 10.3 Å². The number of amides is 2. The van der Waals surface area contributed by atoms with E-state index in [0.717, 1.165) is 17.7 Å². The zero-order valence-corrected chi connectivity index (χ0v) is 15.1. The van der Waals surface area contributed by atoms with Crippen molar-refractivity contribution in [3.8, 4) is 5.75 Å². The number of hydrogen-bond acceptors (Lipinski definition) is 5. The molecule has 1 saturated heterocycles. The van der Waals surface area contributed by atoms with Crippen LogP contribution < -0.4 is 15.0 Å². The average Bonchev–Trinajstić information content (AvgIpc) is 3.23. The SMILES string of the molecule is COc1ccccc1[C@@H](C)NC(=O)Cc1csc(N2CCCC2=O)n1. The van der Waals surface area contributed by atoms with Gasteiger partial charge in [0, 0.05) is 23.9 Å². The molecule has 0 aliphatic carbocycles. The van der Waals surface area contributed by atoms with Gasteiger partial charge in [-0.3, -0.25) is 14.5 Å². The molecule has 0 spiro atoms. The van der Waals surface area contributed by atoms with Gasteiger partial charge in [0.05, 0.1) is 25.3 Å². The minimum absolute atomic E-state index is 0.107. The Morgan fingerprint density at radius 1 is 1.44 bits per heavy atom. The highest BCUT2D eigenvalue weighted by Crippen LogP contribution is 2.26. The van der Waals surface area contributed by atoms with E-state index in [1.165, 1.54) is 11.3 Å². The van der Waals surface area contributed by atoms with Gasteiger partial charge in [-0.25, -0.2) is 4.98 Å². The van der Waals surface area contributed by atoms with E-state index < -0.39 is 0 Å². The summed E-state index contributed by atoms with van der Waals surface area (Å²) in [4.78, 5) is 30.2. The fourth-order valence-corrected chi connectivity index (χ4v) is 3.78. The highest BCUT2D eigenvalue weighted by Gasteiger charge is 2.24. The Morgan fingerprint density at radius 3 is 2.96 bits per heavy atom. The monoisotopic (exact) mass is 359 g/mol. The Labute approximate surface area is 150 Å². The van der Waals surface area contributed by atoms with Gasteiger partial charge in [-0.15, -0.1) is 11.3 Å². The van der Waals surface area contributed by atoms with Gasteiger partial charge < -0.3 is 10.1 Å². The molecule has 6 nitrogen and oxygen atoms in total. The smallest absolute Gasteiger partial charge is 0.228 e. The molecule has 1 fully saturated rings. The lowest BCUT2D eigenvalue weighted by Gasteiger charge is -2.17. The van der Waals surface area contributed by atoms with Gasteiger partial charge in [0.15, 0.2) is 5.13 Å². The number of ether oxygens (including phenoxy) is 1. The highest BCUT2D eigenvalue weighted by atomic mass is 32.1. The van der Waals surface area contributed by atoms with Gasteiger partial charge in [0.2, 0.25) is 11.8 Å². The Kier molecular flexibility index (Phi) is 5.33. The maximum atomic E-state index is 12.3. The lowest BCUT2D eigenvalue weighted by Crippen LogP contribution is -2.28. The summed E-state index contributed by atoms with van der Waals surface area (Å²) in [6.07, 6.45) is 1.63. The van der Waals surface area contributed by atoms with Crippen LogP contribution in [0.15, 0.2) is 29.6 Å². The van der Waals surface area contributed by atoms with Gasteiger partial charge in [-0.2, -0.15) is 0 Å². The molecule has 1 aromatic heterocycles. The first-order valence-electron chi connectivity index (χ1n) is 8.25. The van der Waals surface area contributed by atoms with Crippen molar-refractivity contribution >= 4 is 28.3 Å². The molecule has 1 N–H and O–H groups in total. The number of para-hydroxylation sites is 1. The third-order valence-electron chi connectivity index (χ3n) is 4.17. The molecule has 1 aromatic carbocycles. The summed E-state index contributed by atoms with van der Waals surface area (Å²) in [7, 11) is 1.61. The second kappa shape index (κ2) is 7.65. The summed E-state index contributed by atoms with van der Waals surface area (Å²) in [5.41, 5.74) is 1.62. The van der Waals surface area contributed by atoms with Crippen LogP contribution in [0.2, 0.25) is 0 Å². The van der Waals surface area contributed by atoms with E-state index in [9.17, 15) is 9.59 Å².